The Hall–Kier alpha value is -3.44. The number of nitrogens with one attached hydrogen (secondary N) is 2. The zero-order chi connectivity index (χ0) is 22.2. The summed E-state index contributed by atoms with van der Waals surface area (Å²) < 4.78 is 0. The third-order valence-corrected chi connectivity index (χ3v) is 4.55. The molecule has 0 aromatic carbocycles. The van der Waals surface area contributed by atoms with Crippen molar-refractivity contribution in [3.05, 3.63) is 30.4 Å². The van der Waals surface area contributed by atoms with Crippen LogP contribution in [-0.4, -0.2) is 37.6 Å². The third kappa shape index (κ3) is 7.18. The van der Waals surface area contributed by atoms with Gasteiger partial charge in [-0.3, -0.25) is 9.97 Å². The van der Waals surface area contributed by atoms with Crippen LogP contribution in [0.5, 0.6) is 0 Å². The first-order valence-electron chi connectivity index (χ1n) is 9.78. The molecule has 0 radical (unpaired) electrons. The predicted molar refractivity (Wildman–Crippen MR) is 120 cm³/mol. The number of hydrogen-bond donors (Lipinski definition) is 3. The van der Waals surface area contributed by atoms with Gasteiger partial charge in [0.05, 0.1) is 23.3 Å². The summed E-state index contributed by atoms with van der Waals surface area (Å²) >= 11 is 0. The van der Waals surface area contributed by atoms with E-state index < -0.39 is 0 Å². The summed E-state index contributed by atoms with van der Waals surface area (Å²) in [5.41, 5.74) is 3.11. The SMILES string of the molecule is C#C.C#C.N#CCCNC1CCCCC1.OCc1nc2c(cnc3cccnc32)[nH]1. The number of aromatic nitrogens is 4. The molecule has 0 spiro atoms. The van der Waals surface area contributed by atoms with E-state index in [2.05, 4.69) is 57.0 Å². The number of imidazole rings is 1. The Morgan fingerprint density at radius 1 is 1.13 bits per heavy atom. The number of fused-ring (bicyclic) bond motifs is 3. The molecule has 3 aromatic rings. The van der Waals surface area contributed by atoms with Crippen LogP contribution in [0.15, 0.2) is 24.5 Å². The molecule has 0 saturated heterocycles. The van der Waals surface area contributed by atoms with Crippen LogP contribution in [0.2, 0.25) is 0 Å². The van der Waals surface area contributed by atoms with Crippen molar-refractivity contribution in [1.29, 1.82) is 5.26 Å². The number of rotatable bonds is 4. The average Bonchev–Trinajstić information content (AvgIpc) is 3.27. The summed E-state index contributed by atoms with van der Waals surface area (Å²) in [5.74, 6) is 0.532. The lowest BCUT2D eigenvalue weighted by molar-refractivity contribution is 0.273. The number of H-pyrrole nitrogens is 1. The highest BCUT2D eigenvalue weighted by molar-refractivity contribution is 5.98. The fourth-order valence-electron chi connectivity index (χ4n) is 3.24. The van der Waals surface area contributed by atoms with Crippen molar-refractivity contribution in [2.45, 2.75) is 51.2 Å². The Bertz CT molecular complexity index is 957. The number of aromatic amines is 1. The summed E-state index contributed by atoms with van der Waals surface area (Å²) in [5, 5.41) is 20.7. The topological polar surface area (TPSA) is 111 Å². The first kappa shape index (κ1) is 24.6. The molecule has 1 saturated carbocycles. The van der Waals surface area contributed by atoms with Crippen LogP contribution in [0.1, 0.15) is 44.3 Å². The van der Waals surface area contributed by atoms with Crippen LogP contribution < -0.4 is 5.32 Å². The van der Waals surface area contributed by atoms with Gasteiger partial charge in [-0.1, -0.05) is 19.3 Å². The van der Waals surface area contributed by atoms with E-state index in [0.29, 0.717) is 18.3 Å². The van der Waals surface area contributed by atoms with E-state index in [1.165, 1.54) is 32.1 Å². The van der Waals surface area contributed by atoms with Crippen molar-refractivity contribution < 1.29 is 5.11 Å². The Balaban J connectivity index is 0.000000268. The molecule has 4 rings (SSSR count). The maximum Gasteiger partial charge on any atom is 0.133 e. The van der Waals surface area contributed by atoms with Gasteiger partial charge >= 0.3 is 0 Å². The quantitative estimate of drug-likeness (QED) is 0.454. The predicted octanol–water partition coefficient (Wildman–Crippen LogP) is 3.32. The van der Waals surface area contributed by atoms with E-state index in [1.54, 1.807) is 12.4 Å². The fraction of sp³-hybridized carbons (Fsp3) is 0.391. The summed E-state index contributed by atoms with van der Waals surface area (Å²) in [6.45, 7) is 0.768. The minimum Gasteiger partial charge on any atom is -0.388 e. The van der Waals surface area contributed by atoms with Gasteiger partial charge in [0.2, 0.25) is 0 Å². The molecular weight excluding hydrogens is 376 g/mol. The van der Waals surface area contributed by atoms with Gasteiger partial charge < -0.3 is 15.4 Å². The fourth-order valence-corrected chi connectivity index (χ4v) is 3.24. The molecule has 7 heteroatoms. The molecule has 0 amide bonds. The van der Waals surface area contributed by atoms with Crippen molar-refractivity contribution in [3.63, 3.8) is 0 Å². The third-order valence-electron chi connectivity index (χ3n) is 4.55. The van der Waals surface area contributed by atoms with Gasteiger partial charge in [-0.2, -0.15) is 5.26 Å². The van der Waals surface area contributed by atoms with Crippen LogP contribution in [0.25, 0.3) is 22.1 Å². The van der Waals surface area contributed by atoms with Gasteiger partial charge in [0.25, 0.3) is 0 Å². The molecule has 156 valence electrons. The van der Waals surface area contributed by atoms with E-state index in [4.69, 9.17) is 10.4 Å². The lowest BCUT2D eigenvalue weighted by Gasteiger charge is -2.22. The highest BCUT2D eigenvalue weighted by Crippen LogP contribution is 2.19. The van der Waals surface area contributed by atoms with Crippen molar-refractivity contribution in [2.24, 2.45) is 0 Å². The van der Waals surface area contributed by atoms with Crippen molar-refractivity contribution in [3.8, 4) is 31.8 Å². The highest BCUT2D eigenvalue weighted by atomic mass is 16.3. The minimum atomic E-state index is -0.108. The smallest absolute Gasteiger partial charge is 0.133 e. The summed E-state index contributed by atoms with van der Waals surface area (Å²) in [6, 6.07) is 6.57. The zero-order valence-corrected chi connectivity index (χ0v) is 17.1. The second kappa shape index (κ2) is 14.5. The lowest BCUT2D eigenvalue weighted by Crippen LogP contribution is -2.31. The van der Waals surface area contributed by atoms with Crippen LogP contribution in [0.3, 0.4) is 0 Å². The van der Waals surface area contributed by atoms with E-state index in [9.17, 15) is 0 Å². The van der Waals surface area contributed by atoms with E-state index >= 15 is 0 Å². The normalized spacial score (nSPS) is 12.9. The molecule has 0 unspecified atom stereocenters. The van der Waals surface area contributed by atoms with Crippen molar-refractivity contribution in [1.82, 2.24) is 25.3 Å². The molecule has 3 heterocycles. The van der Waals surface area contributed by atoms with Gasteiger partial charge in [0, 0.05) is 25.2 Å². The molecule has 0 aliphatic heterocycles. The zero-order valence-electron chi connectivity index (χ0n) is 17.1. The van der Waals surface area contributed by atoms with Crippen LogP contribution in [0.4, 0.5) is 0 Å². The number of pyridine rings is 2. The molecule has 3 N–H and O–H groups in total. The van der Waals surface area contributed by atoms with Gasteiger partial charge in [-0.05, 0) is 25.0 Å². The van der Waals surface area contributed by atoms with Crippen molar-refractivity contribution >= 4 is 22.1 Å². The summed E-state index contributed by atoms with van der Waals surface area (Å²) in [4.78, 5) is 15.7. The largest absolute Gasteiger partial charge is 0.388 e. The summed E-state index contributed by atoms with van der Waals surface area (Å²) in [7, 11) is 0. The van der Waals surface area contributed by atoms with Crippen LogP contribution >= 0.6 is 0 Å². The molecule has 7 nitrogen and oxygen atoms in total. The Kier molecular flexibility index (Phi) is 11.9. The van der Waals surface area contributed by atoms with Crippen LogP contribution in [0, 0.1) is 37.0 Å². The standard InChI is InChI=1S/C10H8N4O.C9H16N2.2C2H2/c15-5-8-13-7-4-12-6-2-1-3-11-9(6)10(7)14-8;10-7-4-8-11-9-5-2-1-3-6-9;2*1-2/h1-4,15H,5H2,(H,13,14);9,11H,1-6,8H2;2*1-2H. The molecule has 1 aliphatic carbocycles. The maximum atomic E-state index is 8.98. The number of terminal acetylenes is 2. The first-order valence-corrected chi connectivity index (χ1v) is 9.78. The lowest BCUT2D eigenvalue weighted by atomic mass is 9.95. The second-order valence-electron chi connectivity index (χ2n) is 6.43. The van der Waals surface area contributed by atoms with Crippen molar-refractivity contribution in [2.75, 3.05) is 6.54 Å². The molecule has 1 aliphatic rings. The highest BCUT2D eigenvalue weighted by Gasteiger charge is 2.11. The summed E-state index contributed by atoms with van der Waals surface area (Å²) in [6.07, 6.45) is 26.8. The Morgan fingerprint density at radius 2 is 1.87 bits per heavy atom. The van der Waals surface area contributed by atoms with Crippen LogP contribution in [-0.2, 0) is 6.61 Å². The first-order chi connectivity index (χ1) is 14.8. The van der Waals surface area contributed by atoms with E-state index in [1.807, 2.05) is 12.1 Å². The number of nitriles is 1. The van der Waals surface area contributed by atoms with Gasteiger partial charge in [-0.25, -0.2) is 4.98 Å². The van der Waals surface area contributed by atoms with Gasteiger partial charge in [-0.15, -0.1) is 25.7 Å². The number of hydrogen-bond acceptors (Lipinski definition) is 6. The average molecular weight is 405 g/mol. The molecule has 1 fully saturated rings. The Labute approximate surface area is 178 Å². The Morgan fingerprint density at radius 3 is 2.53 bits per heavy atom. The molecule has 0 atom stereocenters. The van der Waals surface area contributed by atoms with E-state index in [-0.39, 0.29) is 6.61 Å². The molecule has 30 heavy (non-hydrogen) atoms. The molecule has 0 bridgehead atoms. The minimum absolute atomic E-state index is 0.108. The second-order valence-corrected chi connectivity index (χ2v) is 6.43. The monoisotopic (exact) mass is 404 g/mol. The number of aliphatic hydroxyl groups excluding tert-OH is 1. The maximum absolute atomic E-state index is 8.98. The van der Waals surface area contributed by atoms with Gasteiger partial charge in [0.15, 0.2) is 0 Å². The number of nitrogens with zero attached hydrogens (tertiary/aromatic N) is 4. The van der Waals surface area contributed by atoms with Gasteiger partial charge in [0.1, 0.15) is 23.5 Å². The van der Waals surface area contributed by atoms with E-state index in [0.717, 1.165) is 28.6 Å². The number of aliphatic hydroxyl groups is 1. The molecular formula is C23H28N6O. The molecule has 3 aromatic heterocycles.